The second kappa shape index (κ2) is 7.31. The minimum atomic E-state index is -0.573. The predicted molar refractivity (Wildman–Crippen MR) is 110 cm³/mol. The molecule has 29 heavy (non-hydrogen) atoms. The van der Waals surface area contributed by atoms with Gasteiger partial charge < -0.3 is 10.6 Å². The van der Waals surface area contributed by atoms with E-state index in [2.05, 4.69) is 20.7 Å². The van der Waals surface area contributed by atoms with Crippen molar-refractivity contribution in [3.05, 3.63) is 65.9 Å². The van der Waals surface area contributed by atoms with E-state index in [4.69, 9.17) is 4.98 Å². The lowest BCUT2D eigenvalue weighted by Crippen LogP contribution is -2.17. The van der Waals surface area contributed by atoms with Gasteiger partial charge in [-0.05, 0) is 30.7 Å². The maximum absolute atomic E-state index is 14.3. The molecule has 0 atom stereocenters. The number of carbonyl (C=O) groups excluding carboxylic acids is 1. The smallest absolute Gasteiger partial charge is 0.259 e. The first-order valence-corrected chi connectivity index (χ1v) is 9.01. The Kier molecular flexibility index (Phi) is 4.67. The van der Waals surface area contributed by atoms with Crippen LogP contribution in [0.15, 0.2) is 48.9 Å². The number of carbonyl (C=O) groups is 1. The molecule has 1 amide bonds. The number of amides is 1. The Morgan fingerprint density at radius 1 is 1.17 bits per heavy atom. The van der Waals surface area contributed by atoms with E-state index in [1.807, 2.05) is 19.3 Å². The van der Waals surface area contributed by atoms with Crippen LogP contribution in [0.3, 0.4) is 0 Å². The minimum absolute atomic E-state index is 0.00271. The molecule has 0 radical (unpaired) electrons. The summed E-state index contributed by atoms with van der Waals surface area (Å²) in [6, 6.07) is 8.14. The fourth-order valence-electron chi connectivity index (χ4n) is 3.20. The quantitative estimate of drug-likeness (QED) is 0.554. The molecule has 0 aliphatic rings. The van der Waals surface area contributed by atoms with Crippen LogP contribution in [-0.4, -0.2) is 32.7 Å². The van der Waals surface area contributed by atoms with Crippen LogP contribution in [0.2, 0.25) is 0 Å². The molecule has 0 unspecified atom stereocenters. The summed E-state index contributed by atoms with van der Waals surface area (Å²) < 4.78 is 15.9. The van der Waals surface area contributed by atoms with Crippen molar-refractivity contribution in [1.82, 2.24) is 19.7 Å². The molecule has 4 aromatic rings. The number of anilines is 2. The molecule has 0 saturated heterocycles. The SMILES string of the molecule is CNc1ccc2ncc(-c3cnn(C)c3)nc2c1NC(=O)c1c(C)cccc1F. The summed E-state index contributed by atoms with van der Waals surface area (Å²) in [5, 5.41) is 10.0. The molecule has 2 aromatic heterocycles. The zero-order chi connectivity index (χ0) is 20.5. The number of aryl methyl sites for hydroxylation is 2. The number of hydrogen-bond acceptors (Lipinski definition) is 5. The molecule has 0 fully saturated rings. The highest BCUT2D eigenvalue weighted by Gasteiger charge is 2.19. The van der Waals surface area contributed by atoms with Crippen molar-refractivity contribution in [3.8, 4) is 11.3 Å². The molecule has 0 aliphatic carbocycles. The number of benzene rings is 2. The van der Waals surface area contributed by atoms with E-state index in [1.54, 1.807) is 49.2 Å². The van der Waals surface area contributed by atoms with E-state index in [-0.39, 0.29) is 5.56 Å². The third-order valence-corrected chi connectivity index (χ3v) is 4.67. The van der Waals surface area contributed by atoms with Gasteiger partial charge in [-0.1, -0.05) is 12.1 Å². The van der Waals surface area contributed by atoms with Crippen molar-refractivity contribution in [2.45, 2.75) is 6.92 Å². The number of halogens is 1. The summed E-state index contributed by atoms with van der Waals surface area (Å²) in [7, 11) is 3.56. The monoisotopic (exact) mass is 390 g/mol. The van der Waals surface area contributed by atoms with Crippen molar-refractivity contribution in [2.24, 2.45) is 7.05 Å². The topological polar surface area (TPSA) is 84.7 Å². The van der Waals surface area contributed by atoms with Crippen molar-refractivity contribution in [2.75, 3.05) is 17.7 Å². The molecule has 0 spiro atoms. The minimum Gasteiger partial charge on any atom is -0.386 e. The standard InChI is InChI=1S/C21H19FN6O/c1-12-5-4-6-14(22)18(12)21(29)27-19-15(23-2)7-8-16-20(19)26-17(10-24-16)13-9-25-28(3)11-13/h4-11,23H,1-3H3,(H,27,29). The molecule has 2 aromatic carbocycles. The maximum atomic E-state index is 14.3. The first kappa shape index (κ1) is 18.5. The second-order valence-corrected chi connectivity index (χ2v) is 6.65. The predicted octanol–water partition coefficient (Wildman–Crippen LogP) is 3.77. The van der Waals surface area contributed by atoms with Gasteiger partial charge in [-0.25, -0.2) is 9.37 Å². The Hall–Kier alpha value is -3.81. The van der Waals surface area contributed by atoms with Crippen LogP contribution in [0.5, 0.6) is 0 Å². The molecule has 146 valence electrons. The average Bonchev–Trinajstić information content (AvgIpc) is 3.14. The summed E-state index contributed by atoms with van der Waals surface area (Å²) in [5.41, 5.74) is 4.18. The summed E-state index contributed by atoms with van der Waals surface area (Å²) in [6.07, 6.45) is 5.18. The van der Waals surface area contributed by atoms with Crippen LogP contribution in [0.25, 0.3) is 22.3 Å². The van der Waals surface area contributed by atoms with Crippen LogP contribution in [0, 0.1) is 12.7 Å². The molecule has 7 nitrogen and oxygen atoms in total. The Morgan fingerprint density at radius 3 is 2.69 bits per heavy atom. The molecule has 0 bridgehead atoms. The number of fused-ring (bicyclic) bond motifs is 1. The van der Waals surface area contributed by atoms with E-state index >= 15 is 0 Å². The number of hydrogen-bond donors (Lipinski definition) is 2. The summed E-state index contributed by atoms with van der Waals surface area (Å²) in [4.78, 5) is 22.0. The molecular weight excluding hydrogens is 371 g/mol. The van der Waals surface area contributed by atoms with Gasteiger partial charge in [0.05, 0.1) is 40.5 Å². The first-order valence-electron chi connectivity index (χ1n) is 9.01. The van der Waals surface area contributed by atoms with Crippen molar-refractivity contribution in [3.63, 3.8) is 0 Å². The summed E-state index contributed by atoms with van der Waals surface area (Å²) in [6.45, 7) is 1.69. The third kappa shape index (κ3) is 3.40. The van der Waals surface area contributed by atoms with Gasteiger partial charge in [0.1, 0.15) is 11.3 Å². The van der Waals surface area contributed by atoms with Crippen LogP contribution < -0.4 is 10.6 Å². The van der Waals surface area contributed by atoms with E-state index in [0.717, 1.165) is 5.56 Å². The molecular formula is C21H19FN6O. The molecule has 0 saturated carbocycles. The Labute approximate surface area is 166 Å². The van der Waals surface area contributed by atoms with Gasteiger partial charge >= 0.3 is 0 Å². The highest BCUT2D eigenvalue weighted by molar-refractivity contribution is 6.11. The molecule has 2 N–H and O–H groups in total. The van der Waals surface area contributed by atoms with Gasteiger partial charge in [-0.15, -0.1) is 0 Å². The number of aromatic nitrogens is 4. The van der Waals surface area contributed by atoms with E-state index in [9.17, 15) is 9.18 Å². The van der Waals surface area contributed by atoms with Crippen LogP contribution in [0.4, 0.5) is 15.8 Å². The lowest BCUT2D eigenvalue weighted by Gasteiger charge is -2.15. The molecule has 2 heterocycles. The van der Waals surface area contributed by atoms with Gasteiger partial charge in [0.25, 0.3) is 5.91 Å². The van der Waals surface area contributed by atoms with E-state index in [0.29, 0.717) is 33.7 Å². The maximum Gasteiger partial charge on any atom is 0.259 e. The van der Waals surface area contributed by atoms with Gasteiger partial charge in [0.15, 0.2) is 0 Å². The van der Waals surface area contributed by atoms with Gasteiger partial charge in [0, 0.05) is 25.9 Å². The molecule has 8 heteroatoms. The van der Waals surface area contributed by atoms with Gasteiger partial charge in [0.2, 0.25) is 0 Å². The number of nitrogens with one attached hydrogen (secondary N) is 2. The highest BCUT2D eigenvalue weighted by Crippen LogP contribution is 2.31. The second-order valence-electron chi connectivity index (χ2n) is 6.65. The molecule has 0 aliphatic heterocycles. The Morgan fingerprint density at radius 2 is 2.00 bits per heavy atom. The average molecular weight is 390 g/mol. The lowest BCUT2D eigenvalue weighted by molar-refractivity contribution is 0.102. The Balaban J connectivity index is 1.84. The summed E-state index contributed by atoms with van der Waals surface area (Å²) >= 11 is 0. The lowest BCUT2D eigenvalue weighted by atomic mass is 10.1. The number of nitrogens with zero attached hydrogens (tertiary/aromatic N) is 4. The number of rotatable bonds is 4. The van der Waals surface area contributed by atoms with Crippen molar-refractivity contribution < 1.29 is 9.18 Å². The highest BCUT2D eigenvalue weighted by atomic mass is 19.1. The van der Waals surface area contributed by atoms with Crippen LogP contribution in [0.1, 0.15) is 15.9 Å². The zero-order valence-electron chi connectivity index (χ0n) is 16.2. The first-order chi connectivity index (χ1) is 14.0. The summed E-state index contributed by atoms with van der Waals surface area (Å²) in [5.74, 6) is -1.12. The largest absolute Gasteiger partial charge is 0.386 e. The van der Waals surface area contributed by atoms with Crippen molar-refractivity contribution in [1.29, 1.82) is 0 Å². The fraction of sp³-hybridized carbons (Fsp3) is 0.143. The zero-order valence-corrected chi connectivity index (χ0v) is 16.2. The van der Waals surface area contributed by atoms with Crippen molar-refractivity contribution >= 4 is 28.3 Å². The normalized spacial score (nSPS) is 10.9. The van der Waals surface area contributed by atoms with Crippen LogP contribution >= 0.6 is 0 Å². The third-order valence-electron chi connectivity index (χ3n) is 4.67. The van der Waals surface area contributed by atoms with Crippen LogP contribution in [-0.2, 0) is 7.05 Å². The van der Waals surface area contributed by atoms with Gasteiger partial charge in [-0.3, -0.25) is 14.5 Å². The Bertz CT molecular complexity index is 1210. The van der Waals surface area contributed by atoms with E-state index in [1.165, 1.54) is 6.07 Å². The van der Waals surface area contributed by atoms with Gasteiger partial charge in [-0.2, -0.15) is 5.10 Å². The fourth-order valence-corrected chi connectivity index (χ4v) is 3.20. The van der Waals surface area contributed by atoms with E-state index < -0.39 is 11.7 Å². The molecule has 4 rings (SSSR count).